The van der Waals surface area contributed by atoms with Crippen molar-refractivity contribution in [3.8, 4) is 5.75 Å². The first-order chi connectivity index (χ1) is 8.46. The average Bonchev–Trinajstić information content (AvgIpc) is 2.28. The predicted octanol–water partition coefficient (Wildman–Crippen LogP) is 4.04. The van der Waals surface area contributed by atoms with Crippen molar-refractivity contribution in [2.24, 2.45) is 11.3 Å². The van der Waals surface area contributed by atoms with Gasteiger partial charge in [0.1, 0.15) is 5.75 Å². The summed E-state index contributed by atoms with van der Waals surface area (Å²) < 4.78 is 0. The summed E-state index contributed by atoms with van der Waals surface area (Å²) in [6, 6.07) is 7.50. The van der Waals surface area contributed by atoms with E-state index in [9.17, 15) is 5.11 Å². The van der Waals surface area contributed by atoms with Crippen LogP contribution in [0.3, 0.4) is 0 Å². The van der Waals surface area contributed by atoms with Crippen LogP contribution in [0.25, 0.3) is 0 Å². The second-order valence-electron chi connectivity index (χ2n) is 6.52. The van der Waals surface area contributed by atoms with Crippen molar-refractivity contribution in [3.05, 3.63) is 24.3 Å². The Kier molecular flexibility index (Phi) is 3.84. The van der Waals surface area contributed by atoms with E-state index in [2.05, 4.69) is 25.8 Å². The number of hydrogen-bond donors (Lipinski definition) is 1. The van der Waals surface area contributed by atoms with Crippen molar-refractivity contribution in [3.63, 3.8) is 0 Å². The van der Waals surface area contributed by atoms with Gasteiger partial charge in [0.15, 0.2) is 0 Å². The van der Waals surface area contributed by atoms with Crippen LogP contribution < -0.4 is 4.90 Å². The van der Waals surface area contributed by atoms with E-state index in [0.717, 1.165) is 12.5 Å². The molecule has 2 heteroatoms. The molecule has 1 N–H and O–H groups in total. The monoisotopic (exact) mass is 247 g/mol. The summed E-state index contributed by atoms with van der Waals surface area (Å²) in [4.78, 5) is 2.31. The number of aromatic hydroxyl groups is 1. The van der Waals surface area contributed by atoms with Gasteiger partial charge < -0.3 is 10.0 Å². The highest BCUT2D eigenvalue weighted by atomic mass is 16.3. The molecule has 2 nitrogen and oxygen atoms in total. The summed E-state index contributed by atoms with van der Waals surface area (Å²) in [6.45, 7) is 5.90. The van der Waals surface area contributed by atoms with Crippen LogP contribution in [0.1, 0.15) is 39.5 Å². The molecule has 1 aliphatic rings. The smallest absolute Gasteiger partial charge is 0.115 e. The molecule has 1 aromatic rings. The summed E-state index contributed by atoms with van der Waals surface area (Å²) in [7, 11) is 2.15. The maximum atomic E-state index is 9.31. The summed E-state index contributed by atoms with van der Waals surface area (Å²) >= 11 is 0. The molecule has 1 saturated carbocycles. The summed E-state index contributed by atoms with van der Waals surface area (Å²) in [5.74, 6) is 1.14. The van der Waals surface area contributed by atoms with Gasteiger partial charge in [-0.15, -0.1) is 0 Å². The third-order valence-electron chi connectivity index (χ3n) is 4.13. The fourth-order valence-electron chi connectivity index (χ4n) is 3.21. The molecule has 0 saturated heterocycles. The first kappa shape index (κ1) is 13.3. The second-order valence-corrected chi connectivity index (χ2v) is 6.52. The van der Waals surface area contributed by atoms with Crippen molar-refractivity contribution in [1.82, 2.24) is 0 Å². The summed E-state index contributed by atoms with van der Waals surface area (Å²) in [6.07, 6.45) is 5.41. The Morgan fingerprint density at radius 3 is 2.56 bits per heavy atom. The van der Waals surface area contributed by atoms with Gasteiger partial charge in [0.05, 0.1) is 0 Å². The van der Waals surface area contributed by atoms with E-state index in [-0.39, 0.29) is 0 Å². The first-order valence-electron chi connectivity index (χ1n) is 6.96. The highest BCUT2D eigenvalue weighted by molar-refractivity contribution is 5.48. The molecule has 1 atom stereocenters. The van der Waals surface area contributed by atoms with Crippen molar-refractivity contribution in [1.29, 1.82) is 0 Å². The zero-order valence-electron chi connectivity index (χ0n) is 11.8. The summed E-state index contributed by atoms with van der Waals surface area (Å²) in [5.41, 5.74) is 1.70. The standard InChI is InChI=1S/C16H25NO/c1-16(2)10-4-5-13(11-16)12-17(3)14-6-8-15(18)9-7-14/h6-9,13,18H,4-5,10-12H2,1-3H3. The molecule has 100 valence electrons. The largest absolute Gasteiger partial charge is 0.508 e. The van der Waals surface area contributed by atoms with E-state index in [1.165, 1.54) is 31.4 Å². The topological polar surface area (TPSA) is 23.5 Å². The number of phenolic OH excluding ortho intramolecular Hbond substituents is 1. The molecule has 0 aliphatic heterocycles. The predicted molar refractivity (Wildman–Crippen MR) is 77.1 cm³/mol. The maximum Gasteiger partial charge on any atom is 0.115 e. The van der Waals surface area contributed by atoms with Crippen molar-refractivity contribution < 1.29 is 5.11 Å². The molecular formula is C16H25NO. The molecule has 0 radical (unpaired) electrons. The van der Waals surface area contributed by atoms with Gasteiger partial charge in [-0.2, -0.15) is 0 Å². The fourth-order valence-corrected chi connectivity index (χ4v) is 3.21. The highest BCUT2D eigenvalue weighted by Crippen LogP contribution is 2.39. The maximum absolute atomic E-state index is 9.31. The van der Waals surface area contributed by atoms with Crippen molar-refractivity contribution in [2.45, 2.75) is 39.5 Å². The van der Waals surface area contributed by atoms with Gasteiger partial charge in [0, 0.05) is 19.3 Å². The number of phenols is 1. The van der Waals surface area contributed by atoms with E-state index in [4.69, 9.17) is 0 Å². The molecule has 0 spiro atoms. The molecule has 1 aromatic carbocycles. The van der Waals surface area contributed by atoms with Gasteiger partial charge in [-0.05, 0) is 54.9 Å². The number of hydrogen-bond acceptors (Lipinski definition) is 2. The number of benzene rings is 1. The zero-order valence-corrected chi connectivity index (χ0v) is 11.8. The van der Waals surface area contributed by atoms with Crippen LogP contribution in [0.2, 0.25) is 0 Å². The average molecular weight is 247 g/mol. The molecule has 0 aromatic heterocycles. The summed E-state index contributed by atoms with van der Waals surface area (Å²) in [5, 5.41) is 9.31. The van der Waals surface area contributed by atoms with E-state index in [0.29, 0.717) is 11.2 Å². The van der Waals surface area contributed by atoms with E-state index < -0.39 is 0 Å². The molecule has 0 bridgehead atoms. The lowest BCUT2D eigenvalue weighted by Crippen LogP contribution is -2.31. The van der Waals surface area contributed by atoms with Crippen LogP contribution >= 0.6 is 0 Å². The lowest BCUT2D eigenvalue weighted by atomic mass is 9.72. The van der Waals surface area contributed by atoms with Crippen LogP contribution in [0.5, 0.6) is 5.75 Å². The van der Waals surface area contributed by atoms with Gasteiger partial charge >= 0.3 is 0 Å². The van der Waals surface area contributed by atoms with Crippen LogP contribution in [-0.4, -0.2) is 18.7 Å². The molecule has 1 fully saturated rings. The molecule has 1 aliphatic carbocycles. The highest BCUT2D eigenvalue weighted by Gasteiger charge is 2.28. The molecule has 1 unspecified atom stereocenters. The molecule has 0 heterocycles. The Labute approximate surface area is 111 Å². The third kappa shape index (κ3) is 3.41. The van der Waals surface area contributed by atoms with Crippen LogP contribution in [0.4, 0.5) is 5.69 Å². The molecule has 18 heavy (non-hydrogen) atoms. The number of nitrogens with zero attached hydrogens (tertiary/aromatic N) is 1. The molecule has 0 amide bonds. The zero-order chi connectivity index (χ0) is 13.2. The second kappa shape index (κ2) is 5.21. The van der Waals surface area contributed by atoms with Crippen LogP contribution in [-0.2, 0) is 0 Å². The van der Waals surface area contributed by atoms with Gasteiger partial charge in [-0.3, -0.25) is 0 Å². The van der Waals surface area contributed by atoms with Crippen molar-refractivity contribution >= 4 is 5.69 Å². The Balaban J connectivity index is 1.94. The van der Waals surface area contributed by atoms with Crippen LogP contribution in [0, 0.1) is 11.3 Å². The third-order valence-corrected chi connectivity index (χ3v) is 4.13. The minimum atomic E-state index is 0.339. The van der Waals surface area contributed by atoms with Gasteiger partial charge in [0.2, 0.25) is 0 Å². The fraction of sp³-hybridized carbons (Fsp3) is 0.625. The lowest BCUT2D eigenvalue weighted by Gasteiger charge is -2.37. The first-order valence-corrected chi connectivity index (χ1v) is 6.96. The van der Waals surface area contributed by atoms with Crippen molar-refractivity contribution in [2.75, 3.05) is 18.5 Å². The Morgan fingerprint density at radius 2 is 1.94 bits per heavy atom. The Morgan fingerprint density at radius 1 is 1.28 bits per heavy atom. The van der Waals surface area contributed by atoms with E-state index >= 15 is 0 Å². The van der Waals surface area contributed by atoms with Gasteiger partial charge in [-0.1, -0.05) is 20.3 Å². The van der Waals surface area contributed by atoms with E-state index in [1.54, 1.807) is 12.1 Å². The number of rotatable bonds is 3. The molecular weight excluding hydrogens is 222 g/mol. The van der Waals surface area contributed by atoms with Gasteiger partial charge in [0.25, 0.3) is 0 Å². The van der Waals surface area contributed by atoms with E-state index in [1.807, 2.05) is 12.1 Å². The SMILES string of the molecule is CN(CC1CCCC(C)(C)C1)c1ccc(O)cc1. The minimum Gasteiger partial charge on any atom is -0.508 e. The van der Waals surface area contributed by atoms with Crippen LogP contribution in [0.15, 0.2) is 24.3 Å². The number of anilines is 1. The lowest BCUT2D eigenvalue weighted by molar-refractivity contribution is 0.183. The quantitative estimate of drug-likeness (QED) is 0.871. The Hall–Kier alpha value is -1.18. The Bertz CT molecular complexity index is 383. The molecule has 2 rings (SSSR count). The minimum absolute atomic E-state index is 0.339. The normalized spacial score (nSPS) is 22.7. The van der Waals surface area contributed by atoms with Gasteiger partial charge in [-0.25, -0.2) is 0 Å².